The third-order valence-electron chi connectivity index (χ3n) is 2.38. The van der Waals surface area contributed by atoms with Crippen molar-refractivity contribution in [3.63, 3.8) is 0 Å². The van der Waals surface area contributed by atoms with Gasteiger partial charge in [-0.2, -0.15) is 10.5 Å². The molecule has 4 nitrogen and oxygen atoms in total. The van der Waals surface area contributed by atoms with Gasteiger partial charge < -0.3 is 4.90 Å². The minimum absolute atomic E-state index is 0.228. The molecule has 1 rings (SSSR count). The summed E-state index contributed by atoms with van der Waals surface area (Å²) < 4.78 is 0.712. The summed E-state index contributed by atoms with van der Waals surface area (Å²) in [5, 5.41) is 17.7. The quantitative estimate of drug-likeness (QED) is 0.825. The molecule has 0 aromatic heterocycles. The highest BCUT2D eigenvalue weighted by Crippen LogP contribution is 2.20. The third kappa shape index (κ3) is 4.90. The van der Waals surface area contributed by atoms with Gasteiger partial charge in [-0.05, 0) is 18.2 Å². The molecule has 1 amide bonds. The lowest BCUT2D eigenvalue weighted by molar-refractivity contribution is 0.0762. The van der Waals surface area contributed by atoms with E-state index in [9.17, 15) is 4.79 Å². The number of hydrogen-bond donors (Lipinski definition) is 0. The van der Waals surface area contributed by atoms with Crippen molar-refractivity contribution in [2.24, 2.45) is 0 Å². The summed E-state index contributed by atoms with van der Waals surface area (Å²) in [4.78, 5) is 13.8. The number of benzene rings is 1. The zero-order chi connectivity index (χ0) is 14.3. The maximum atomic E-state index is 12.3. The van der Waals surface area contributed by atoms with Crippen molar-refractivity contribution in [1.29, 1.82) is 10.5 Å². The predicted molar refractivity (Wildman–Crippen MR) is 75.5 cm³/mol. The van der Waals surface area contributed by atoms with Crippen molar-refractivity contribution in [3.05, 3.63) is 33.3 Å². The van der Waals surface area contributed by atoms with Crippen LogP contribution in [0.25, 0.3) is 0 Å². The van der Waals surface area contributed by atoms with Crippen LogP contribution < -0.4 is 0 Å². The fourth-order valence-corrected chi connectivity index (χ4v) is 2.40. The van der Waals surface area contributed by atoms with Gasteiger partial charge in [0.25, 0.3) is 5.91 Å². The molecule has 0 unspecified atom stereocenters. The Morgan fingerprint density at radius 3 is 2.26 bits per heavy atom. The SMILES string of the molecule is N#CCCN(CCC#N)C(=O)c1cc(Cl)cc(Br)c1. The Balaban J connectivity index is 2.91. The predicted octanol–water partition coefficient (Wildman–Crippen LogP) is 3.37. The maximum absolute atomic E-state index is 12.3. The summed E-state index contributed by atoms with van der Waals surface area (Å²) in [6.07, 6.45) is 0.470. The zero-order valence-electron chi connectivity index (χ0n) is 10.1. The first-order chi connectivity index (χ1) is 9.08. The van der Waals surface area contributed by atoms with Crippen molar-refractivity contribution in [2.75, 3.05) is 13.1 Å². The average Bonchev–Trinajstić information content (AvgIpc) is 2.37. The normalized spacial score (nSPS) is 9.47. The number of halogens is 2. The lowest BCUT2D eigenvalue weighted by atomic mass is 10.2. The van der Waals surface area contributed by atoms with Crippen LogP contribution in [-0.2, 0) is 0 Å². The lowest BCUT2D eigenvalue weighted by Gasteiger charge is -2.20. The van der Waals surface area contributed by atoms with E-state index in [1.165, 1.54) is 4.90 Å². The summed E-state index contributed by atoms with van der Waals surface area (Å²) in [5.41, 5.74) is 0.440. The van der Waals surface area contributed by atoms with Crippen molar-refractivity contribution >= 4 is 33.4 Å². The molecule has 1 aromatic carbocycles. The first-order valence-corrected chi connectivity index (χ1v) is 6.75. The Labute approximate surface area is 125 Å². The van der Waals surface area contributed by atoms with E-state index in [0.29, 0.717) is 28.1 Å². The highest BCUT2D eigenvalue weighted by Gasteiger charge is 2.16. The molecule has 0 saturated heterocycles. The zero-order valence-corrected chi connectivity index (χ0v) is 12.4. The van der Waals surface area contributed by atoms with Crippen molar-refractivity contribution in [2.45, 2.75) is 12.8 Å². The Morgan fingerprint density at radius 2 is 1.79 bits per heavy atom. The molecular weight excluding hydrogens is 330 g/mol. The molecule has 6 heteroatoms. The Bertz CT molecular complexity index is 510. The molecule has 98 valence electrons. The number of rotatable bonds is 5. The topological polar surface area (TPSA) is 67.9 Å². The van der Waals surface area contributed by atoms with Gasteiger partial charge in [0.2, 0.25) is 0 Å². The van der Waals surface area contributed by atoms with Gasteiger partial charge in [0.05, 0.1) is 25.0 Å². The second-order valence-electron chi connectivity index (χ2n) is 3.77. The van der Waals surface area contributed by atoms with E-state index in [2.05, 4.69) is 15.9 Å². The minimum atomic E-state index is -0.228. The second kappa shape index (κ2) is 7.78. The van der Waals surface area contributed by atoms with Crippen LogP contribution in [0.5, 0.6) is 0 Å². The Morgan fingerprint density at radius 1 is 1.21 bits per heavy atom. The van der Waals surface area contributed by atoms with Crippen LogP contribution in [-0.4, -0.2) is 23.9 Å². The number of carbonyl (C=O) groups is 1. The molecule has 1 aromatic rings. The van der Waals surface area contributed by atoms with E-state index in [4.69, 9.17) is 22.1 Å². The molecule has 0 N–H and O–H groups in total. The maximum Gasteiger partial charge on any atom is 0.254 e. The molecule has 0 saturated carbocycles. The number of carbonyl (C=O) groups excluding carboxylic acids is 1. The highest BCUT2D eigenvalue weighted by atomic mass is 79.9. The van der Waals surface area contributed by atoms with E-state index in [-0.39, 0.29) is 18.7 Å². The molecule has 0 fully saturated rings. The van der Waals surface area contributed by atoms with Crippen LogP contribution in [0.3, 0.4) is 0 Å². The van der Waals surface area contributed by atoms with Crippen molar-refractivity contribution in [1.82, 2.24) is 4.90 Å². The monoisotopic (exact) mass is 339 g/mol. The first kappa shape index (κ1) is 15.5. The lowest BCUT2D eigenvalue weighted by Crippen LogP contribution is -2.32. The number of hydrogen-bond acceptors (Lipinski definition) is 3. The highest BCUT2D eigenvalue weighted by molar-refractivity contribution is 9.10. The molecule has 0 aliphatic carbocycles. The molecule has 0 aliphatic rings. The number of nitriles is 2. The molecule has 19 heavy (non-hydrogen) atoms. The summed E-state index contributed by atoms with van der Waals surface area (Å²) >= 11 is 9.18. The fraction of sp³-hybridized carbons (Fsp3) is 0.308. The van der Waals surface area contributed by atoms with Gasteiger partial charge in [-0.25, -0.2) is 0 Å². The largest absolute Gasteiger partial charge is 0.337 e. The molecule has 0 bridgehead atoms. The van der Waals surface area contributed by atoms with Crippen molar-refractivity contribution < 1.29 is 4.79 Å². The smallest absolute Gasteiger partial charge is 0.254 e. The first-order valence-electron chi connectivity index (χ1n) is 5.57. The van der Waals surface area contributed by atoms with E-state index >= 15 is 0 Å². The van der Waals surface area contributed by atoms with Gasteiger partial charge in [0.15, 0.2) is 0 Å². The molecular formula is C13H11BrClN3O. The van der Waals surface area contributed by atoms with E-state index in [1.54, 1.807) is 18.2 Å². The van der Waals surface area contributed by atoms with Crippen LogP contribution >= 0.6 is 27.5 Å². The number of nitrogens with zero attached hydrogens (tertiary/aromatic N) is 3. The summed E-state index contributed by atoms with van der Waals surface area (Å²) in [5.74, 6) is -0.228. The van der Waals surface area contributed by atoms with Gasteiger partial charge in [0.1, 0.15) is 0 Å². The van der Waals surface area contributed by atoms with Crippen LogP contribution in [0.15, 0.2) is 22.7 Å². The molecule has 0 atom stereocenters. The molecule has 0 spiro atoms. The second-order valence-corrected chi connectivity index (χ2v) is 5.12. The Kier molecular flexibility index (Phi) is 6.35. The van der Waals surface area contributed by atoms with Gasteiger partial charge in [-0.3, -0.25) is 4.79 Å². The summed E-state index contributed by atoms with van der Waals surface area (Å²) in [6.45, 7) is 0.613. The number of amides is 1. The van der Waals surface area contributed by atoms with Crippen LogP contribution in [0, 0.1) is 22.7 Å². The van der Waals surface area contributed by atoms with Crippen molar-refractivity contribution in [3.8, 4) is 12.1 Å². The van der Waals surface area contributed by atoms with E-state index in [1.807, 2.05) is 12.1 Å². The fourth-order valence-electron chi connectivity index (χ4n) is 1.54. The average molecular weight is 341 g/mol. The molecule has 0 radical (unpaired) electrons. The minimum Gasteiger partial charge on any atom is -0.337 e. The molecule has 0 aliphatic heterocycles. The standard InChI is InChI=1S/C13H11BrClN3O/c14-11-7-10(8-12(15)9-11)13(19)18(5-1-3-16)6-2-4-17/h7-9H,1-2,5-6H2. The van der Waals surface area contributed by atoms with Gasteiger partial charge in [-0.15, -0.1) is 0 Å². The van der Waals surface area contributed by atoms with Crippen LogP contribution in [0.1, 0.15) is 23.2 Å². The van der Waals surface area contributed by atoms with Gasteiger partial charge >= 0.3 is 0 Å². The van der Waals surface area contributed by atoms with Gasteiger partial charge in [-0.1, -0.05) is 27.5 Å². The summed E-state index contributed by atoms with van der Waals surface area (Å²) in [7, 11) is 0. The van der Waals surface area contributed by atoms with E-state index in [0.717, 1.165) is 0 Å². The van der Waals surface area contributed by atoms with E-state index < -0.39 is 0 Å². The summed E-state index contributed by atoms with van der Waals surface area (Å²) in [6, 6.07) is 8.91. The third-order valence-corrected chi connectivity index (χ3v) is 3.06. The Hall–Kier alpha value is -1.56. The van der Waals surface area contributed by atoms with Crippen LogP contribution in [0.2, 0.25) is 5.02 Å². The van der Waals surface area contributed by atoms with Crippen LogP contribution in [0.4, 0.5) is 0 Å². The molecule has 0 heterocycles. The van der Waals surface area contributed by atoms with Gasteiger partial charge in [0, 0.05) is 28.1 Å².